The molecule has 0 unspecified atom stereocenters. The number of allylic oxidation sites excluding steroid dienone is 1. The van der Waals surface area contributed by atoms with Crippen LogP contribution in [-0.4, -0.2) is 50.1 Å². The first-order chi connectivity index (χ1) is 25.7. The van der Waals surface area contributed by atoms with Crippen LogP contribution in [-0.2, 0) is 25.3 Å². The third-order valence-electron chi connectivity index (χ3n) is 9.53. The topological polar surface area (TPSA) is 95.9 Å². The van der Waals surface area contributed by atoms with E-state index < -0.39 is 38.5 Å². The molecule has 0 spiro atoms. The van der Waals surface area contributed by atoms with Gasteiger partial charge in [-0.05, 0) is 85.1 Å². The molecule has 4 aromatic rings. The van der Waals surface area contributed by atoms with Crippen LogP contribution in [0.15, 0.2) is 84.9 Å². The van der Waals surface area contributed by atoms with Gasteiger partial charge in [0.15, 0.2) is 14.1 Å². The second-order valence-corrected chi connectivity index (χ2v) is 19.7. The molecule has 1 heterocycles. The SMILES string of the molecule is COC(=O)C[C@@H](CC(=O)/C=C/c1c(-c2ccc(F)cc2)c(-c2ccccc2)c(C(=O)NCc2ccc(OC(F)(F)F)cc2)n1C(C)C)O[Si](C)(C)C(C)(C)C. The number of hydrogen-bond acceptors (Lipinski definition) is 6. The molecule has 1 amide bonds. The number of carbonyl (C=O) groups is 3. The summed E-state index contributed by atoms with van der Waals surface area (Å²) in [4.78, 5) is 40.5. The summed E-state index contributed by atoms with van der Waals surface area (Å²) in [5.74, 6) is -2.15. The number of hydrogen-bond donors (Lipinski definition) is 1. The lowest BCUT2D eigenvalue weighted by Crippen LogP contribution is -2.44. The molecule has 3 aromatic carbocycles. The number of ether oxygens (including phenoxy) is 2. The number of nitrogens with one attached hydrogen (secondary N) is 1. The number of ketones is 1. The van der Waals surface area contributed by atoms with Crippen LogP contribution in [0.1, 0.15) is 75.2 Å². The third-order valence-corrected chi connectivity index (χ3v) is 14.1. The highest BCUT2D eigenvalue weighted by molar-refractivity contribution is 6.74. The van der Waals surface area contributed by atoms with Crippen molar-refractivity contribution in [1.29, 1.82) is 0 Å². The average molecular weight is 781 g/mol. The number of benzene rings is 3. The van der Waals surface area contributed by atoms with Gasteiger partial charge >= 0.3 is 12.3 Å². The molecule has 0 bridgehead atoms. The van der Waals surface area contributed by atoms with Gasteiger partial charge in [-0.15, -0.1) is 13.2 Å². The van der Waals surface area contributed by atoms with E-state index in [0.717, 1.165) is 0 Å². The molecule has 0 aliphatic rings. The summed E-state index contributed by atoms with van der Waals surface area (Å²) in [6.07, 6.45) is -2.74. The standard InChI is InChI=1S/C42H48F4N2O6Si/c1-27(2)48-35(23-20-32(49)24-34(25-36(50)52-6)54-55(7,8)41(3,4)5)37(30-16-18-31(43)19-17-30)38(29-12-10-9-11-13-29)39(48)40(51)47-26-28-14-21-33(22-15-28)53-42(44,45)46/h9-23,27,34H,24-26H2,1-8H3,(H,47,51)/b23-20+/t34-/m1/s1. The van der Waals surface area contributed by atoms with Gasteiger partial charge in [-0.25, -0.2) is 4.39 Å². The Labute approximate surface area is 320 Å². The van der Waals surface area contributed by atoms with Crippen LogP contribution in [0.4, 0.5) is 17.6 Å². The Morgan fingerprint density at radius 1 is 0.855 bits per heavy atom. The predicted molar refractivity (Wildman–Crippen MR) is 207 cm³/mol. The number of halogens is 4. The molecule has 55 heavy (non-hydrogen) atoms. The van der Waals surface area contributed by atoms with Crippen LogP contribution in [0.25, 0.3) is 28.3 Å². The van der Waals surface area contributed by atoms with E-state index in [2.05, 4.69) is 30.8 Å². The molecule has 0 saturated heterocycles. The van der Waals surface area contributed by atoms with Gasteiger partial charge in [0.2, 0.25) is 0 Å². The lowest BCUT2D eigenvalue weighted by atomic mass is 9.94. The zero-order valence-electron chi connectivity index (χ0n) is 32.3. The highest BCUT2D eigenvalue weighted by atomic mass is 28.4. The first kappa shape index (κ1) is 42.7. The normalized spacial score (nSPS) is 12.9. The van der Waals surface area contributed by atoms with E-state index in [1.54, 1.807) is 22.8 Å². The Kier molecular flexibility index (Phi) is 13.7. The molecule has 8 nitrogen and oxygen atoms in total. The number of nitrogens with zero attached hydrogens (tertiary/aromatic N) is 1. The van der Waals surface area contributed by atoms with E-state index in [-0.39, 0.29) is 47.7 Å². The van der Waals surface area contributed by atoms with Crippen molar-refractivity contribution < 1.29 is 45.8 Å². The minimum Gasteiger partial charge on any atom is -0.469 e. The first-order valence-electron chi connectivity index (χ1n) is 17.9. The van der Waals surface area contributed by atoms with E-state index in [1.165, 1.54) is 49.6 Å². The highest BCUT2D eigenvalue weighted by Gasteiger charge is 2.40. The maximum atomic E-state index is 14.4. The summed E-state index contributed by atoms with van der Waals surface area (Å²) in [6, 6.07) is 19.9. The third kappa shape index (κ3) is 11.3. The average Bonchev–Trinajstić information content (AvgIpc) is 3.45. The van der Waals surface area contributed by atoms with Crippen molar-refractivity contribution in [3.05, 3.63) is 108 Å². The molecule has 4 rings (SSSR count). The predicted octanol–water partition coefficient (Wildman–Crippen LogP) is 10.3. The van der Waals surface area contributed by atoms with Crippen molar-refractivity contribution in [2.24, 2.45) is 0 Å². The summed E-state index contributed by atoms with van der Waals surface area (Å²) in [6.45, 7) is 14.0. The molecule has 0 saturated carbocycles. The van der Waals surface area contributed by atoms with Crippen molar-refractivity contribution in [1.82, 2.24) is 9.88 Å². The fourth-order valence-electron chi connectivity index (χ4n) is 5.88. The number of esters is 1. The van der Waals surface area contributed by atoms with Gasteiger partial charge < -0.3 is 23.8 Å². The van der Waals surface area contributed by atoms with Gasteiger partial charge in [-0.3, -0.25) is 14.4 Å². The van der Waals surface area contributed by atoms with Gasteiger partial charge in [0.25, 0.3) is 5.91 Å². The lowest BCUT2D eigenvalue weighted by Gasteiger charge is -2.39. The number of aromatic nitrogens is 1. The molecule has 1 atom stereocenters. The summed E-state index contributed by atoms with van der Waals surface area (Å²) in [7, 11) is -1.11. The number of alkyl halides is 3. The summed E-state index contributed by atoms with van der Waals surface area (Å²) in [5.41, 5.74) is 3.66. The van der Waals surface area contributed by atoms with Crippen molar-refractivity contribution >= 4 is 32.1 Å². The van der Waals surface area contributed by atoms with Gasteiger partial charge in [-0.2, -0.15) is 0 Å². The number of rotatable bonds is 15. The molecule has 294 valence electrons. The lowest BCUT2D eigenvalue weighted by molar-refractivity contribution is -0.274. The van der Waals surface area contributed by atoms with Gasteiger partial charge in [0, 0.05) is 30.1 Å². The Balaban J connectivity index is 1.83. The molecule has 0 aliphatic carbocycles. The maximum Gasteiger partial charge on any atom is 0.573 e. The van der Waals surface area contributed by atoms with Gasteiger partial charge in [0.05, 0.1) is 25.3 Å². The Morgan fingerprint density at radius 2 is 1.45 bits per heavy atom. The maximum absolute atomic E-state index is 14.4. The smallest absolute Gasteiger partial charge is 0.469 e. The molecule has 1 aromatic heterocycles. The number of methoxy groups -OCH3 is 1. The summed E-state index contributed by atoms with van der Waals surface area (Å²) >= 11 is 0. The van der Waals surface area contributed by atoms with Crippen LogP contribution < -0.4 is 10.1 Å². The van der Waals surface area contributed by atoms with Crippen LogP contribution >= 0.6 is 0 Å². The summed E-state index contributed by atoms with van der Waals surface area (Å²) in [5, 5.41) is 2.73. The Bertz CT molecular complexity index is 1980. The molecule has 0 aliphatic heterocycles. The van der Waals surface area contributed by atoms with E-state index in [0.29, 0.717) is 33.5 Å². The van der Waals surface area contributed by atoms with Crippen molar-refractivity contribution in [2.75, 3.05) is 7.11 Å². The first-order valence-corrected chi connectivity index (χ1v) is 20.8. The van der Waals surface area contributed by atoms with E-state index >= 15 is 0 Å². The van der Waals surface area contributed by atoms with Crippen LogP contribution in [0.5, 0.6) is 5.75 Å². The second kappa shape index (κ2) is 17.6. The summed E-state index contributed by atoms with van der Waals surface area (Å²) < 4.78 is 69.6. The Hall–Kier alpha value is -5.01. The van der Waals surface area contributed by atoms with E-state index in [4.69, 9.17) is 9.16 Å². The molecule has 0 fully saturated rings. The highest BCUT2D eigenvalue weighted by Crippen LogP contribution is 2.43. The largest absolute Gasteiger partial charge is 0.573 e. The number of amides is 1. The quantitative estimate of drug-likeness (QED) is 0.0559. The Morgan fingerprint density at radius 3 is 2.00 bits per heavy atom. The van der Waals surface area contributed by atoms with Crippen LogP contribution in [0.3, 0.4) is 0 Å². The molecule has 0 radical (unpaired) electrons. The van der Waals surface area contributed by atoms with Gasteiger partial charge in [0.1, 0.15) is 17.3 Å². The fourth-order valence-corrected chi connectivity index (χ4v) is 7.24. The van der Waals surface area contributed by atoms with Crippen molar-refractivity contribution in [3.63, 3.8) is 0 Å². The second-order valence-electron chi connectivity index (χ2n) is 15.0. The molecule has 13 heteroatoms. The molecular weight excluding hydrogens is 733 g/mol. The minimum atomic E-state index is -4.84. The van der Waals surface area contributed by atoms with Crippen LogP contribution in [0, 0.1) is 5.82 Å². The number of carbonyl (C=O) groups excluding carboxylic acids is 3. The van der Waals surface area contributed by atoms with E-state index in [1.807, 2.05) is 57.3 Å². The molecular formula is C42H48F4N2O6Si. The monoisotopic (exact) mass is 780 g/mol. The zero-order chi connectivity index (χ0) is 40.7. The minimum absolute atomic E-state index is 0.0199. The fraction of sp³-hybridized carbons (Fsp3) is 0.357. The van der Waals surface area contributed by atoms with E-state index in [9.17, 15) is 31.9 Å². The molecule has 1 N–H and O–H groups in total. The zero-order valence-corrected chi connectivity index (χ0v) is 33.3. The van der Waals surface area contributed by atoms with Crippen molar-refractivity contribution in [3.8, 4) is 28.0 Å². The van der Waals surface area contributed by atoms with Crippen LogP contribution in [0.2, 0.25) is 18.1 Å². The van der Waals surface area contributed by atoms with Crippen molar-refractivity contribution in [2.45, 2.75) is 90.6 Å². The van der Waals surface area contributed by atoms with Gasteiger partial charge in [-0.1, -0.05) is 75.4 Å².